The Kier molecular flexibility index (Phi) is 25.8. The molecule has 1 rings (SSSR count). The summed E-state index contributed by atoms with van der Waals surface area (Å²) in [5.74, 6) is 0.380. The van der Waals surface area contributed by atoms with Gasteiger partial charge in [0.25, 0.3) is 0 Å². The van der Waals surface area contributed by atoms with Gasteiger partial charge in [-0.25, -0.2) is 4.57 Å². The number of aryl methyl sites for hydroxylation is 1. The average Bonchev–Trinajstić information content (AvgIpc) is 2.96. The van der Waals surface area contributed by atoms with E-state index in [1.54, 1.807) is 6.07 Å². The van der Waals surface area contributed by atoms with Gasteiger partial charge in [-0.15, -0.1) is 0 Å². The highest BCUT2D eigenvalue weighted by Crippen LogP contribution is 2.40. The fourth-order valence-corrected chi connectivity index (χ4v) is 6.60. The Morgan fingerprint density at radius 2 is 0.833 bits per heavy atom. The Morgan fingerprint density at radius 1 is 0.500 bits per heavy atom. The fourth-order valence-electron chi connectivity index (χ4n) is 6.17. The van der Waals surface area contributed by atoms with E-state index in [2.05, 4.69) is 19.9 Å². The SMILES string of the molecule is CCCCCCCCCCCCCCCCCc1c(CCCCCCCCCCCCCC)cccc1OP(=O)(O)O. The molecule has 0 fully saturated rings. The summed E-state index contributed by atoms with van der Waals surface area (Å²) >= 11 is 0. The van der Waals surface area contributed by atoms with E-state index in [9.17, 15) is 14.4 Å². The van der Waals surface area contributed by atoms with Crippen molar-refractivity contribution in [3.63, 3.8) is 0 Å². The molecule has 2 N–H and O–H groups in total. The number of hydrogen-bond donors (Lipinski definition) is 2. The summed E-state index contributed by atoms with van der Waals surface area (Å²) < 4.78 is 16.8. The maximum absolute atomic E-state index is 11.6. The Hall–Kier alpha value is -0.830. The van der Waals surface area contributed by atoms with E-state index >= 15 is 0 Å². The van der Waals surface area contributed by atoms with Gasteiger partial charge in [0.2, 0.25) is 0 Å². The van der Waals surface area contributed by atoms with Crippen LogP contribution in [-0.2, 0) is 17.4 Å². The number of rotatable bonds is 31. The van der Waals surface area contributed by atoms with Crippen LogP contribution < -0.4 is 4.52 Å². The van der Waals surface area contributed by atoms with Crippen LogP contribution >= 0.6 is 7.82 Å². The minimum atomic E-state index is -4.57. The van der Waals surface area contributed by atoms with Crippen molar-refractivity contribution in [1.82, 2.24) is 0 Å². The molecule has 4 nitrogen and oxygen atoms in total. The van der Waals surface area contributed by atoms with Gasteiger partial charge < -0.3 is 4.52 Å². The van der Waals surface area contributed by atoms with Crippen molar-refractivity contribution >= 4 is 7.82 Å². The third-order valence-electron chi connectivity index (χ3n) is 8.78. The van der Waals surface area contributed by atoms with Crippen molar-refractivity contribution < 1.29 is 18.9 Å². The Labute approximate surface area is 261 Å². The summed E-state index contributed by atoms with van der Waals surface area (Å²) in [5, 5.41) is 0. The van der Waals surface area contributed by atoms with Crippen LogP contribution in [0.25, 0.3) is 0 Å². The number of hydrogen-bond acceptors (Lipinski definition) is 2. The van der Waals surface area contributed by atoms with Gasteiger partial charge in [-0.05, 0) is 42.9 Å². The van der Waals surface area contributed by atoms with Crippen LogP contribution in [0.2, 0.25) is 0 Å². The highest BCUT2D eigenvalue weighted by molar-refractivity contribution is 7.46. The van der Waals surface area contributed by atoms with Gasteiger partial charge in [0.1, 0.15) is 5.75 Å². The van der Waals surface area contributed by atoms with Crippen molar-refractivity contribution in [3.8, 4) is 5.75 Å². The van der Waals surface area contributed by atoms with Gasteiger partial charge >= 0.3 is 7.82 Å². The zero-order valence-electron chi connectivity index (χ0n) is 27.9. The lowest BCUT2D eigenvalue weighted by atomic mass is 9.95. The van der Waals surface area contributed by atoms with Crippen LogP contribution in [0.15, 0.2) is 18.2 Å². The highest BCUT2D eigenvalue weighted by Gasteiger charge is 2.19. The molecule has 0 unspecified atom stereocenters. The van der Waals surface area contributed by atoms with E-state index in [1.807, 2.05) is 6.07 Å². The summed E-state index contributed by atoms with van der Waals surface area (Å²) in [5.41, 5.74) is 2.22. The molecule has 246 valence electrons. The Bertz CT molecular complexity index is 775. The molecule has 0 heterocycles. The van der Waals surface area contributed by atoms with Crippen LogP contribution in [0.5, 0.6) is 5.75 Å². The molecule has 0 saturated heterocycles. The summed E-state index contributed by atoms with van der Waals surface area (Å²) in [7, 11) is -4.57. The number of phosphoric acid groups is 1. The average molecular weight is 609 g/mol. The van der Waals surface area contributed by atoms with Crippen molar-refractivity contribution in [2.75, 3.05) is 0 Å². The lowest BCUT2D eigenvalue weighted by molar-refractivity contribution is 0.282. The lowest BCUT2D eigenvalue weighted by Gasteiger charge is -2.16. The molecule has 1 aromatic rings. The van der Waals surface area contributed by atoms with Crippen LogP contribution in [0.1, 0.15) is 198 Å². The predicted octanol–water partition coefficient (Wildman–Crippen LogP) is 12.8. The van der Waals surface area contributed by atoms with E-state index in [0.717, 1.165) is 31.2 Å². The molecule has 1 aromatic carbocycles. The topological polar surface area (TPSA) is 66.8 Å². The molecule has 0 spiro atoms. The minimum absolute atomic E-state index is 0.380. The second-order valence-corrected chi connectivity index (χ2v) is 14.0. The second kappa shape index (κ2) is 27.7. The van der Waals surface area contributed by atoms with E-state index in [-0.39, 0.29) is 0 Å². The van der Waals surface area contributed by atoms with Crippen LogP contribution in [-0.4, -0.2) is 9.79 Å². The molecular weight excluding hydrogens is 539 g/mol. The molecule has 0 aliphatic rings. The summed E-state index contributed by atoms with van der Waals surface area (Å²) in [4.78, 5) is 18.9. The highest BCUT2D eigenvalue weighted by atomic mass is 31.2. The fraction of sp³-hybridized carbons (Fsp3) is 0.838. The van der Waals surface area contributed by atoms with Gasteiger partial charge in [-0.2, -0.15) is 0 Å². The quantitative estimate of drug-likeness (QED) is 0.0650. The van der Waals surface area contributed by atoms with Gasteiger partial charge in [0, 0.05) is 0 Å². The normalized spacial score (nSPS) is 11.8. The van der Waals surface area contributed by atoms with Gasteiger partial charge in [0.05, 0.1) is 0 Å². The summed E-state index contributed by atoms with van der Waals surface area (Å²) in [6.45, 7) is 4.55. The third-order valence-corrected chi connectivity index (χ3v) is 9.21. The van der Waals surface area contributed by atoms with Crippen LogP contribution in [0.4, 0.5) is 0 Å². The van der Waals surface area contributed by atoms with E-state index in [0.29, 0.717) is 5.75 Å². The molecule has 0 aliphatic carbocycles. The largest absolute Gasteiger partial charge is 0.524 e. The van der Waals surface area contributed by atoms with Crippen molar-refractivity contribution in [3.05, 3.63) is 29.3 Å². The van der Waals surface area contributed by atoms with E-state index < -0.39 is 7.82 Å². The molecule has 0 saturated carbocycles. The maximum atomic E-state index is 11.6. The van der Waals surface area contributed by atoms with Gasteiger partial charge in [-0.1, -0.05) is 187 Å². The molecule has 0 atom stereocenters. The standard InChI is InChI=1S/C37H69O4P/c1-3-5-7-9-11-13-15-17-18-19-21-23-25-27-29-33-36-35(32-30-34-37(36)41-42(38,39)40)31-28-26-24-22-20-16-14-12-10-8-6-4-2/h30,32,34H,3-29,31,33H2,1-2H3,(H2,38,39,40). The molecule has 0 aromatic heterocycles. The zero-order valence-corrected chi connectivity index (χ0v) is 28.8. The Morgan fingerprint density at radius 3 is 1.19 bits per heavy atom. The first kappa shape index (κ1) is 39.2. The first-order chi connectivity index (χ1) is 20.5. The molecule has 0 aliphatic heterocycles. The van der Waals surface area contributed by atoms with Crippen LogP contribution in [0, 0.1) is 0 Å². The zero-order chi connectivity index (χ0) is 30.6. The summed E-state index contributed by atoms with van der Waals surface area (Å²) in [6, 6.07) is 5.74. The molecule has 0 amide bonds. The maximum Gasteiger partial charge on any atom is 0.524 e. The molecule has 5 heteroatoms. The smallest absolute Gasteiger partial charge is 0.404 e. The third kappa shape index (κ3) is 23.6. The van der Waals surface area contributed by atoms with Gasteiger partial charge in [-0.3, -0.25) is 9.79 Å². The monoisotopic (exact) mass is 608 g/mol. The molecule has 0 radical (unpaired) electrons. The number of phosphoric ester groups is 1. The number of unbranched alkanes of at least 4 members (excludes halogenated alkanes) is 25. The summed E-state index contributed by atoms with van der Waals surface area (Å²) in [6.07, 6.45) is 37.8. The minimum Gasteiger partial charge on any atom is -0.404 e. The van der Waals surface area contributed by atoms with Gasteiger partial charge in [0.15, 0.2) is 0 Å². The Balaban J connectivity index is 2.25. The van der Waals surface area contributed by atoms with Crippen LogP contribution in [0.3, 0.4) is 0 Å². The van der Waals surface area contributed by atoms with Crippen molar-refractivity contribution in [2.45, 2.75) is 200 Å². The van der Waals surface area contributed by atoms with Crippen molar-refractivity contribution in [1.29, 1.82) is 0 Å². The predicted molar refractivity (Wildman–Crippen MR) is 183 cm³/mol. The van der Waals surface area contributed by atoms with Crippen molar-refractivity contribution in [2.24, 2.45) is 0 Å². The first-order valence-corrected chi connectivity index (χ1v) is 19.9. The van der Waals surface area contributed by atoms with E-state index in [4.69, 9.17) is 4.52 Å². The second-order valence-electron chi connectivity index (χ2n) is 12.8. The molecular formula is C37H69O4P. The first-order valence-electron chi connectivity index (χ1n) is 18.3. The lowest BCUT2D eigenvalue weighted by Crippen LogP contribution is -2.01. The molecule has 0 bridgehead atoms. The van der Waals surface area contributed by atoms with E-state index in [1.165, 1.54) is 166 Å². The number of benzene rings is 1. The molecule has 42 heavy (non-hydrogen) atoms.